The van der Waals surface area contributed by atoms with Crippen LogP contribution in [0.3, 0.4) is 0 Å². The minimum atomic E-state index is -0.264. The van der Waals surface area contributed by atoms with Crippen LogP contribution in [0.15, 0.2) is 41.8 Å². The Labute approximate surface area is 178 Å². The number of esters is 1. The lowest BCUT2D eigenvalue weighted by molar-refractivity contribution is -0.143. The van der Waals surface area contributed by atoms with Crippen molar-refractivity contribution in [1.82, 2.24) is 0 Å². The molecule has 3 rings (SSSR count). The van der Waals surface area contributed by atoms with E-state index >= 15 is 0 Å². The second-order valence-corrected chi connectivity index (χ2v) is 7.81. The van der Waals surface area contributed by atoms with Gasteiger partial charge in [0.15, 0.2) is 0 Å². The number of benzene rings is 2. The van der Waals surface area contributed by atoms with Gasteiger partial charge in [-0.1, -0.05) is 0 Å². The molecule has 2 N–H and O–H groups in total. The van der Waals surface area contributed by atoms with Gasteiger partial charge in [-0.25, -0.2) is 0 Å². The predicted molar refractivity (Wildman–Crippen MR) is 115 cm³/mol. The first-order valence-corrected chi connectivity index (χ1v) is 10.7. The average molecular weight is 429 g/mol. The number of phenols is 2. The van der Waals surface area contributed by atoms with Crippen LogP contribution in [0, 0.1) is 0 Å². The minimum absolute atomic E-state index is 0.000719. The average Bonchev–Trinajstić information content (AvgIpc) is 3.09. The number of hydrogen-bond donors (Lipinski definition) is 2. The van der Waals surface area contributed by atoms with Gasteiger partial charge in [-0.15, -0.1) is 11.3 Å². The number of carbonyl (C=O) groups is 2. The summed E-state index contributed by atoms with van der Waals surface area (Å²) in [6, 6.07) is 10.1. The molecule has 0 aliphatic heterocycles. The van der Waals surface area contributed by atoms with E-state index in [4.69, 9.17) is 9.47 Å². The number of ether oxygens (including phenoxy) is 2. The summed E-state index contributed by atoms with van der Waals surface area (Å²) in [6.07, 6.45) is 1.46. The summed E-state index contributed by atoms with van der Waals surface area (Å²) >= 11 is 1.54. The van der Waals surface area contributed by atoms with E-state index in [1.54, 1.807) is 24.3 Å². The molecule has 2 aromatic carbocycles. The fourth-order valence-electron chi connectivity index (χ4n) is 3.09. The monoisotopic (exact) mass is 428 g/mol. The van der Waals surface area contributed by atoms with E-state index in [1.165, 1.54) is 12.1 Å². The summed E-state index contributed by atoms with van der Waals surface area (Å²) in [5.41, 5.74) is 1.55. The molecule has 1 aromatic heterocycles. The van der Waals surface area contributed by atoms with Crippen LogP contribution in [-0.2, 0) is 27.4 Å². The zero-order valence-electron chi connectivity index (χ0n) is 16.7. The maximum absolute atomic E-state index is 12.3. The molecule has 0 radical (unpaired) electrons. The molecule has 6 nitrogen and oxygen atoms in total. The minimum Gasteiger partial charge on any atom is -0.508 e. The third kappa shape index (κ3) is 5.73. The third-order valence-corrected chi connectivity index (χ3v) is 5.61. The van der Waals surface area contributed by atoms with E-state index in [0.717, 1.165) is 15.6 Å². The molecule has 0 aliphatic carbocycles. The molecule has 0 fully saturated rings. The summed E-state index contributed by atoms with van der Waals surface area (Å²) in [6.45, 7) is 2.29. The summed E-state index contributed by atoms with van der Waals surface area (Å²) in [5, 5.41) is 22.2. The van der Waals surface area contributed by atoms with E-state index in [2.05, 4.69) is 0 Å². The van der Waals surface area contributed by atoms with Gasteiger partial charge < -0.3 is 19.7 Å². The fourth-order valence-corrected chi connectivity index (χ4v) is 4.08. The first kappa shape index (κ1) is 21.6. The van der Waals surface area contributed by atoms with Crippen LogP contribution >= 0.6 is 11.3 Å². The van der Waals surface area contributed by atoms with E-state index < -0.39 is 0 Å². The third-order valence-electron chi connectivity index (χ3n) is 4.62. The molecule has 0 unspecified atom stereocenters. The molecule has 1 heterocycles. The highest BCUT2D eigenvalue weighted by molar-refractivity contribution is 7.17. The second kappa shape index (κ2) is 10.1. The zero-order chi connectivity index (χ0) is 21.5. The number of thiophene rings is 1. The van der Waals surface area contributed by atoms with Gasteiger partial charge in [-0.05, 0) is 60.0 Å². The van der Waals surface area contributed by atoms with Gasteiger partial charge in [0.05, 0.1) is 6.61 Å². The number of Topliss-reactive ketones (excluding diaryl/α,β-unsaturated/α-hetero) is 1. The topological polar surface area (TPSA) is 93.1 Å². The molecule has 0 saturated heterocycles. The molecule has 30 heavy (non-hydrogen) atoms. The number of carbonyl (C=O) groups excluding carboxylic acids is 2. The first-order valence-electron chi connectivity index (χ1n) is 9.77. The Bertz CT molecular complexity index is 1040. The number of ketones is 1. The van der Waals surface area contributed by atoms with Crippen LogP contribution in [0.25, 0.3) is 10.1 Å². The molecular weight excluding hydrogens is 404 g/mol. The molecule has 0 bridgehead atoms. The Kier molecular flexibility index (Phi) is 7.30. The fraction of sp³-hybridized carbons (Fsp3) is 0.304. The SMILES string of the molecule is CCOC(=O)CCCC(=O)Cc1csc2cc(OCc3ccc(O)cc3O)ccc12. The number of fused-ring (bicyclic) bond motifs is 1. The van der Waals surface area contributed by atoms with Gasteiger partial charge in [0, 0.05) is 35.6 Å². The normalized spacial score (nSPS) is 10.8. The Hall–Kier alpha value is -3.06. The molecule has 0 saturated carbocycles. The van der Waals surface area contributed by atoms with Gasteiger partial charge in [-0.2, -0.15) is 0 Å². The molecule has 0 amide bonds. The zero-order valence-corrected chi connectivity index (χ0v) is 17.5. The molecule has 158 valence electrons. The predicted octanol–water partition coefficient (Wildman–Crippen LogP) is 4.74. The number of hydrogen-bond acceptors (Lipinski definition) is 7. The largest absolute Gasteiger partial charge is 0.508 e. The lowest BCUT2D eigenvalue weighted by Gasteiger charge is -2.08. The van der Waals surface area contributed by atoms with Crippen molar-refractivity contribution >= 4 is 33.2 Å². The number of aromatic hydroxyl groups is 2. The van der Waals surface area contributed by atoms with E-state index in [1.807, 2.05) is 23.6 Å². The van der Waals surface area contributed by atoms with Crippen LogP contribution < -0.4 is 4.74 Å². The Morgan fingerprint density at radius 1 is 1.03 bits per heavy atom. The Morgan fingerprint density at radius 3 is 2.63 bits per heavy atom. The van der Waals surface area contributed by atoms with Crippen molar-refractivity contribution in [2.75, 3.05) is 6.61 Å². The summed E-state index contributed by atoms with van der Waals surface area (Å²) < 4.78 is 11.6. The van der Waals surface area contributed by atoms with Crippen molar-refractivity contribution in [2.45, 2.75) is 39.2 Å². The van der Waals surface area contributed by atoms with Crippen LogP contribution in [0.5, 0.6) is 17.2 Å². The first-order chi connectivity index (χ1) is 14.5. The highest BCUT2D eigenvalue weighted by Crippen LogP contribution is 2.31. The number of rotatable bonds is 10. The molecule has 0 aliphatic rings. The highest BCUT2D eigenvalue weighted by Gasteiger charge is 2.12. The quantitative estimate of drug-likeness (QED) is 0.453. The number of phenolic OH excluding ortho intramolecular Hbond substituents is 2. The molecule has 7 heteroatoms. The van der Waals surface area contributed by atoms with Gasteiger partial charge in [0.2, 0.25) is 0 Å². The lowest BCUT2D eigenvalue weighted by Crippen LogP contribution is -2.07. The smallest absolute Gasteiger partial charge is 0.305 e. The van der Waals surface area contributed by atoms with Gasteiger partial charge >= 0.3 is 5.97 Å². The van der Waals surface area contributed by atoms with Crippen LogP contribution in [0.4, 0.5) is 0 Å². The van der Waals surface area contributed by atoms with Crippen LogP contribution in [0.2, 0.25) is 0 Å². The van der Waals surface area contributed by atoms with Crippen molar-refractivity contribution in [3.8, 4) is 17.2 Å². The van der Waals surface area contributed by atoms with Crippen molar-refractivity contribution < 1.29 is 29.3 Å². The van der Waals surface area contributed by atoms with Crippen molar-refractivity contribution in [2.24, 2.45) is 0 Å². The van der Waals surface area contributed by atoms with Crippen LogP contribution in [0.1, 0.15) is 37.3 Å². The van der Waals surface area contributed by atoms with Crippen molar-refractivity contribution in [1.29, 1.82) is 0 Å². The lowest BCUT2D eigenvalue weighted by atomic mass is 10.0. The van der Waals surface area contributed by atoms with Crippen molar-refractivity contribution in [3.63, 3.8) is 0 Å². The maximum Gasteiger partial charge on any atom is 0.305 e. The Morgan fingerprint density at radius 2 is 1.87 bits per heavy atom. The van der Waals surface area contributed by atoms with Crippen LogP contribution in [-0.4, -0.2) is 28.6 Å². The van der Waals surface area contributed by atoms with E-state index in [0.29, 0.717) is 37.2 Å². The summed E-state index contributed by atoms with van der Waals surface area (Å²) in [7, 11) is 0. The molecular formula is C23H24O6S. The summed E-state index contributed by atoms with van der Waals surface area (Å²) in [5.74, 6) is 0.473. The highest BCUT2D eigenvalue weighted by atomic mass is 32.1. The second-order valence-electron chi connectivity index (χ2n) is 6.89. The maximum atomic E-state index is 12.3. The molecule has 0 atom stereocenters. The Balaban J connectivity index is 1.57. The van der Waals surface area contributed by atoms with Gasteiger partial charge in [0.1, 0.15) is 29.6 Å². The van der Waals surface area contributed by atoms with Gasteiger partial charge in [-0.3, -0.25) is 9.59 Å². The van der Waals surface area contributed by atoms with Crippen molar-refractivity contribution in [3.05, 3.63) is 52.9 Å². The summed E-state index contributed by atoms with van der Waals surface area (Å²) in [4.78, 5) is 23.6. The molecule has 0 spiro atoms. The van der Waals surface area contributed by atoms with Gasteiger partial charge in [0.25, 0.3) is 0 Å². The standard InChI is InChI=1S/C23H24O6S/c1-2-28-23(27)5-3-4-17(24)10-16-14-30-22-12-19(8-9-20(16)22)29-13-15-6-7-18(25)11-21(15)26/h6-9,11-12,14,25-26H,2-5,10,13H2,1H3. The van der Waals surface area contributed by atoms with E-state index in [9.17, 15) is 19.8 Å². The van der Waals surface area contributed by atoms with E-state index in [-0.39, 0.29) is 36.3 Å². The molecule has 3 aromatic rings.